The van der Waals surface area contributed by atoms with Crippen molar-refractivity contribution in [2.45, 2.75) is 114 Å². The van der Waals surface area contributed by atoms with Crippen LogP contribution in [-0.2, 0) is 49.7 Å². The smallest absolute Gasteiger partial charge is 0.327 e. The number of nitrogen functional groups attached to an aromatic ring is 1. The third-order valence-electron chi connectivity index (χ3n) is 10.2. The van der Waals surface area contributed by atoms with Gasteiger partial charge in [-0.1, -0.05) is 0 Å². The zero-order chi connectivity index (χ0) is 54.4. The summed E-state index contributed by atoms with van der Waals surface area (Å²) in [5.74, 6) is -10.5. The van der Waals surface area contributed by atoms with Crippen molar-refractivity contribution in [3.8, 4) is 12.3 Å². The summed E-state index contributed by atoms with van der Waals surface area (Å²) in [5.41, 5.74) is 17.4. The predicted molar refractivity (Wildman–Crippen MR) is 254 cm³/mol. The SMILES string of the molecule is C#CC[C@H](NC(=O)[C@H](CCC(=O)O)NC(=O)[C@H](CC(=O)O)NC(=O)[C@H](CCCNC(N)N)NC(=O)[C@H](CC(=O)O)NC(=O)CC[C@@H](C)NC(=O)c1ccc(NCc2cnc3nc(N)[nH]c(=O)c3n2)cc1)C(=O)O. The van der Waals surface area contributed by atoms with Crippen LogP contribution in [0, 0.1) is 12.3 Å². The Morgan fingerprint density at radius 3 is 1.84 bits per heavy atom. The van der Waals surface area contributed by atoms with Gasteiger partial charge in [-0.25, -0.2) is 14.8 Å². The molecule has 0 aliphatic carbocycles. The summed E-state index contributed by atoms with van der Waals surface area (Å²) in [4.78, 5) is 153. The highest BCUT2D eigenvalue weighted by atomic mass is 16.4. The summed E-state index contributed by atoms with van der Waals surface area (Å²) in [6.45, 7) is 1.81. The first kappa shape index (κ1) is 58.5. The van der Waals surface area contributed by atoms with Gasteiger partial charge in [0.1, 0.15) is 36.5 Å². The maximum Gasteiger partial charge on any atom is 0.327 e. The number of nitrogens with zero attached hydrogens (tertiary/aromatic N) is 3. The number of carbonyl (C=O) groups excluding carboxylic acids is 6. The highest BCUT2D eigenvalue weighted by Crippen LogP contribution is 2.13. The van der Waals surface area contributed by atoms with Crippen molar-refractivity contribution in [2.24, 2.45) is 11.5 Å². The van der Waals surface area contributed by atoms with Gasteiger partial charge in [-0.2, -0.15) is 4.98 Å². The molecule has 0 fully saturated rings. The molecule has 0 saturated heterocycles. The number of carboxylic acids is 4. The van der Waals surface area contributed by atoms with Crippen LogP contribution in [0.2, 0.25) is 0 Å². The van der Waals surface area contributed by atoms with E-state index in [-0.39, 0.29) is 61.4 Å². The second kappa shape index (κ2) is 28.7. The van der Waals surface area contributed by atoms with Gasteiger partial charge in [-0.15, -0.1) is 12.3 Å². The Morgan fingerprint density at radius 2 is 1.27 bits per heavy atom. The Bertz CT molecular complexity index is 2600. The van der Waals surface area contributed by atoms with Crippen molar-refractivity contribution in [3.05, 3.63) is 52.1 Å². The summed E-state index contributed by atoms with van der Waals surface area (Å²) in [6.07, 6.45) is 1.05. The molecule has 6 atom stereocenters. The number of aromatic nitrogens is 4. The van der Waals surface area contributed by atoms with E-state index in [4.69, 9.17) is 23.6 Å². The van der Waals surface area contributed by atoms with E-state index >= 15 is 0 Å². The zero-order valence-corrected chi connectivity index (χ0v) is 39.1. The van der Waals surface area contributed by atoms with Crippen LogP contribution < -0.4 is 65.3 Å². The number of nitrogens with one attached hydrogen (secondary N) is 9. The minimum absolute atomic E-state index is 0.00606. The minimum Gasteiger partial charge on any atom is -0.481 e. The number of aromatic amines is 1. The van der Waals surface area contributed by atoms with E-state index in [2.05, 4.69) is 62.5 Å². The Labute approximate surface area is 414 Å². The minimum atomic E-state index is -2.01. The molecular weight excluding hydrogens is 967 g/mol. The average Bonchev–Trinajstić information content (AvgIpc) is 3.31. The topological polar surface area (TPSA) is 497 Å². The number of carbonyl (C=O) groups is 10. The highest BCUT2D eigenvalue weighted by molar-refractivity contribution is 5.98. The number of fused-ring (bicyclic) bond motifs is 1. The van der Waals surface area contributed by atoms with E-state index in [9.17, 15) is 73.2 Å². The van der Waals surface area contributed by atoms with E-state index in [0.717, 1.165) is 0 Å². The molecule has 73 heavy (non-hydrogen) atoms. The molecule has 19 N–H and O–H groups in total. The van der Waals surface area contributed by atoms with Gasteiger partial charge in [-0.3, -0.25) is 58.2 Å². The predicted octanol–water partition coefficient (Wildman–Crippen LogP) is -4.28. The molecule has 30 heteroatoms. The van der Waals surface area contributed by atoms with Crippen molar-refractivity contribution in [3.63, 3.8) is 0 Å². The number of amides is 6. The largest absolute Gasteiger partial charge is 0.481 e. The van der Waals surface area contributed by atoms with Crippen molar-refractivity contribution in [2.75, 3.05) is 17.6 Å². The van der Waals surface area contributed by atoms with E-state index in [0.29, 0.717) is 11.4 Å². The first-order valence-corrected chi connectivity index (χ1v) is 22.2. The van der Waals surface area contributed by atoms with Crippen LogP contribution in [-0.4, -0.2) is 149 Å². The van der Waals surface area contributed by atoms with Crippen molar-refractivity contribution in [1.29, 1.82) is 0 Å². The summed E-state index contributed by atoms with van der Waals surface area (Å²) in [5, 5.41) is 57.2. The molecular formula is C43H57N15O15. The lowest BCUT2D eigenvalue weighted by Gasteiger charge is -2.26. The summed E-state index contributed by atoms with van der Waals surface area (Å²) < 4.78 is 0. The van der Waals surface area contributed by atoms with E-state index in [1.165, 1.54) is 18.3 Å². The highest BCUT2D eigenvalue weighted by Gasteiger charge is 2.34. The lowest BCUT2D eigenvalue weighted by Crippen LogP contribution is -2.59. The monoisotopic (exact) mass is 1020 g/mol. The fourth-order valence-corrected chi connectivity index (χ4v) is 6.54. The zero-order valence-electron chi connectivity index (χ0n) is 39.1. The van der Waals surface area contributed by atoms with Gasteiger partial charge in [0.05, 0.1) is 31.3 Å². The van der Waals surface area contributed by atoms with E-state index in [1.807, 2.05) is 5.92 Å². The molecule has 0 aliphatic rings. The molecule has 2 aromatic heterocycles. The van der Waals surface area contributed by atoms with Crippen molar-refractivity contribution in [1.82, 2.24) is 57.2 Å². The van der Waals surface area contributed by atoms with Gasteiger partial charge in [-0.05, 0) is 63.4 Å². The molecule has 0 unspecified atom stereocenters. The first-order valence-electron chi connectivity index (χ1n) is 22.2. The number of hydrogen-bond donors (Lipinski definition) is 16. The third-order valence-corrected chi connectivity index (χ3v) is 10.2. The van der Waals surface area contributed by atoms with Crippen LogP contribution in [0.1, 0.15) is 80.8 Å². The number of nitrogens with two attached hydrogens (primary N) is 3. The number of hydrogen-bond acceptors (Lipinski definition) is 19. The lowest BCUT2D eigenvalue weighted by molar-refractivity contribution is -0.143. The number of benzene rings is 1. The molecule has 1 aromatic carbocycles. The molecule has 0 saturated carbocycles. The Hall–Kier alpha value is -8.82. The number of anilines is 2. The molecule has 6 amide bonds. The van der Waals surface area contributed by atoms with Gasteiger partial charge in [0.2, 0.25) is 35.5 Å². The van der Waals surface area contributed by atoms with Crippen molar-refractivity contribution >= 4 is 82.1 Å². The molecule has 30 nitrogen and oxygen atoms in total. The van der Waals surface area contributed by atoms with E-state index < -0.39 is 140 Å². The van der Waals surface area contributed by atoms with E-state index in [1.54, 1.807) is 19.1 Å². The fourth-order valence-electron chi connectivity index (χ4n) is 6.54. The van der Waals surface area contributed by atoms with Crippen LogP contribution in [0.5, 0.6) is 0 Å². The molecule has 0 spiro atoms. The summed E-state index contributed by atoms with van der Waals surface area (Å²) >= 11 is 0. The molecule has 0 bridgehead atoms. The Balaban J connectivity index is 1.67. The number of carboxylic acid groups (broad SMARTS) is 4. The van der Waals surface area contributed by atoms with Crippen LogP contribution in [0.15, 0.2) is 35.3 Å². The van der Waals surface area contributed by atoms with Crippen LogP contribution in [0.3, 0.4) is 0 Å². The number of aliphatic carboxylic acids is 4. The first-order chi connectivity index (χ1) is 34.4. The standard InChI is InChI=1S/C43H57N15O15/c1-3-5-26(41(72)73)55-37(68)25(12-14-30(60)61)54-39(70)28(17-32(64)65)56-36(67)24(6-4-15-47-42(44)45)53-38(69)27(16-31(62)63)52-29(59)13-7-20(2)50-35(66)21-8-10-22(11-9-21)48-18-23-19-49-34-33(51-23)40(71)58-43(46)57-34/h1,8-11,19-20,24-28,42,47-48H,4-7,12-18,44-45H2,2H3,(H,50,66)(H,52,59)(H,53,69)(H,54,70)(H,55,68)(H,56,67)(H,60,61)(H,62,63)(H,64,65)(H,72,73)(H3,46,49,57,58,71)/t20-,24+,25+,26+,27+,28+/m1/s1. The van der Waals surface area contributed by atoms with Crippen LogP contribution in [0.25, 0.3) is 11.2 Å². The van der Waals surface area contributed by atoms with Gasteiger partial charge in [0.15, 0.2) is 11.2 Å². The number of rotatable bonds is 31. The van der Waals surface area contributed by atoms with Gasteiger partial charge in [0, 0.05) is 36.6 Å². The molecule has 0 aliphatic heterocycles. The molecule has 0 radical (unpaired) electrons. The van der Waals surface area contributed by atoms with Gasteiger partial charge < -0.3 is 74.8 Å². The molecule has 3 aromatic rings. The molecule has 3 rings (SSSR count). The third kappa shape index (κ3) is 20.6. The van der Waals surface area contributed by atoms with Crippen LogP contribution >= 0.6 is 0 Å². The molecule has 2 heterocycles. The lowest BCUT2D eigenvalue weighted by atomic mass is 10.1. The number of terminal acetylenes is 1. The Morgan fingerprint density at radius 1 is 0.712 bits per heavy atom. The van der Waals surface area contributed by atoms with Crippen LogP contribution in [0.4, 0.5) is 11.6 Å². The van der Waals surface area contributed by atoms with Gasteiger partial charge in [0.25, 0.3) is 11.5 Å². The van der Waals surface area contributed by atoms with Gasteiger partial charge >= 0.3 is 23.9 Å². The fraction of sp³-hybridized carbons (Fsp3) is 0.442. The quantitative estimate of drug-likeness (QED) is 0.0165. The second-order valence-corrected chi connectivity index (χ2v) is 16.2. The van der Waals surface area contributed by atoms with Crippen molar-refractivity contribution < 1.29 is 68.4 Å². The number of H-pyrrole nitrogens is 1. The second-order valence-electron chi connectivity index (χ2n) is 16.2. The summed E-state index contributed by atoms with van der Waals surface area (Å²) in [7, 11) is 0. The Kier molecular flexibility index (Phi) is 23.0. The maximum absolute atomic E-state index is 13.7. The molecule has 394 valence electrons. The summed E-state index contributed by atoms with van der Waals surface area (Å²) in [6, 6.07) is -3.23. The normalized spacial score (nSPS) is 13.4. The maximum atomic E-state index is 13.7. The average molecular weight is 1020 g/mol.